The first-order valence-corrected chi connectivity index (χ1v) is 9.57. The van der Waals surface area contributed by atoms with Crippen LogP contribution in [0.25, 0.3) is 0 Å². The fourth-order valence-corrected chi connectivity index (χ4v) is 3.70. The maximum atomic E-state index is 12.7. The minimum atomic E-state index is -0.491. The van der Waals surface area contributed by atoms with Gasteiger partial charge < -0.3 is 14.5 Å². The highest BCUT2D eigenvalue weighted by Crippen LogP contribution is 2.31. The molecule has 1 amide bonds. The average Bonchev–Trinajstić information content (AvgIpc) is 3.37. The fraction of sp³-hybridized carbons (Fsp3) is 0.381. The summed E-state index contributed by atoms with van der Waals surface area (Å²) in [7, 11) is 0. The van der Waals surface area contributed by atoms with E-state index in [2.05, 4.69) is 10.3 Å². The van der Waals surface area contributed by atoms with Crippen molar-refractivity contribution in [3.05, 3.63) is 71.4 Å². The van der Waals surface area contributed by atoms with Gasteiger partial charge in [0.15, 0.2) is 11.5 Å². The van der Waals surface area contributed by atoms with Gasteiger partial charge in [0.1, 0.15) is 6.54 Å². The zero-order chi connectivity index (χ0) is 19.5. The van der Waals surface area contributed by atoms with Crippen LogP contribution < -0.4 is 0 Å². The van der Waals surface area contributed by atoms with E-state index in [-0.39, 0.29) is 11.8 Å². The van der Waals surface area contributed by atoms with Gasteiger partial charge in [-0.15, -0.1) is 0 Å². The molecule has 1 fully saturated rings. The van der Waals surface area contributed by atoms with Crippen molar-refractivity contribution in [2.75, 3.05) is 13.1 Å². The molecule has 0 bridgehead atoms. The summed E-state index contributed by atoms with van der Waals surface area (Å²) in [6.07, 6.45) is 4.72. The lowest BCUT2D eigenvalue weighted by Crippen LogP contribution is -2.39. The van der Waals surface area contributed by atoms with Crippen molar-refractivity contribution in [1.29, 1.82) is 0 Å². The predicted molar refractivity (Wildman–Crippen MR) is 103 cm³/mol. The second kappa shape index (κ2) is 7.98. The number of nitrogens with zero attached hydrogens (tertiary/aromatic N) is 4. The Bertz CT molecular complexity index is 926. The number of hydrogen-bond acceptors (Lipinski definition) is 5. The number of hydrogen-bond donors (Lipinski definition) is 1. The molecule has 0 aliphatic carbocycles. The third-order valence-electron chi connectivity index (χ3n) is 5.27. The highest BCUT2D eigenvalue weighted by atomic mass is 16.5. The van der Waals surface area contributed by atoms with E-state index in [9.17, 15) is 9.90 Å². The molecule has 0 saturated carbocycles. The second-order valence-corrected chi connectivity index (χ2v) is 7.38. The molecule has 1 aliphatic rings. The molecule has 146 valence electrons. The van der Waals surface area contributed by atoms with Gasteiger partial charge in [0.2, 0.25) is 0 Å². The van der Waals surface area contributed by atoms with E-state index in [4.69, 9.17) is 4.52 Å². The normalized spacial score (nSPS) is 16.3. The third kappa shape index (κ3) is 3.99. The van der Waals surface area contributed by atoms with E-state index in [1.807, 2.05) is 43.5 Å². The van der Waals surface area contributed by atoms with Crippen LogP contribution in [0.2, 0.25) is 0 Å². The van der Waals surface area contributed by atoms with Gasteiger partial charge in [0.05, 0.1) is 12.3 Å². The summed E-state index contributed by atoms with van der Waals surface area (Å²) in [5.41, 5.74) is 2.32. The second-order valence-electron chi connectivity index (χ2n) is 7.38. The number of carbonyl (C=O) groups excluding carboxylic acids is 1. The first-order valence-electron chi connectivity index (χ1n) is 9.57. The van der Waals surface area contributed by atoms with Crippen LogP contribution in [0.3, 0.4) is 0 Å². The van der Waals surface area contributed by atoms with Crippen molar-refractivity contribution in [3.63, 3.8) is 0 Å². The Balaban J connectivity index is 1.34. The Kier molecular flexibility index (Phi) is 5.25. The standard InChI is InChI=1S/C21H24N4O3/c1-15-12-22-25(13-15)14-18-11-19(23-28-18)21(27)24-9-7-17(8-10-24)20(26)16-5-3-2-4-6-16/h2-6,11-13,17,20,26H,7-10,14H2,1H3/t20-/m1/s1. The Morgan fingerprint density at radius 1 is 1.29 bits per heavy atom. The number of aryl methyl sites for hydroxylation is 1. The molecule has 3 aromatic rings. The van der Waals surface area contributed by atoms with Gasteiger partial charge >= 0.3 is 0 Å². The van der Waals surface area contributed by atoms with Crippen LogP contribution in [-0.2, 0) is 6.54 Å². The molecule has 4 rings (SSSR count). The van der Waals surface area contributed by atoms with E-state index in [1.54, 1.807) is 21.8 Å². The van der Waals surface area contributed by atoms with E-state index < -0.39 is 6.10 Å². The zero-order valence-electron chi connectivity index (χ0n) is 15.9. The molecule has 7 heteroatoms. The topological polar surface area (TPSA) is 84.4 Å². The Hall–Kier alpha value is -2.93. The van der Waals surface area contributed by atoms with Crippen LogP contribution in [0.15, 0.2) is 53.3 Å². The lowest BCUT2D eigenvalue weighted by atomic mass is 9.87. The van der Waals surface area contributed by atoms with Gasteiger partial charge in [0, 0.05) is 25.4 Å². The smallest absolute Gasteiger partial charge is 0.276 e. The number of likely N-dealkylation sites (tertiary alicyclic amines) is 1. The molecule has 3 heterocycles. The van der Waals surface area contributed by atoms with Crippen molar-refractivity contribution in [1.82, 2.24) is 19.8 Å². The van der Waals surface area contributed by atoms with Crippen LogP contribution in [0.1, 0.15) is 46.3 Å². The number of amides is 1. The maximum absolute atomic E-state index is 12.7. The summed E-state index contributed by atoms with van der Waals surface area (Å²) in [5, 5.41) is 18.7. The first kappa shape index (κ1) is 18.4. The highest BCUT2D eigenvalue weighted by molar-refractivity contribution is 5.92. The van der Waals surface area contributed by atoms with Gasteiger partial charge in [-0.2, -0.15) is 5.10 Å². The molecule has 1 aromatic carbocycles. The van der Waals surface area contributed by atoms with Crippen molar-refractivity contribution in [2.45, 2.75) is 32.4 Å². The zero-order valence-corrected chi connectivity index (χ0v) is 15.9. The van der Waals surface area contributed by atoms with Gasteiger partial charge in [0.25, 0.3) is 5.91 Å². The number of benzene rings is 1. The minimum Gasteiger partial charge on any atom is -0.388 e. The number of aliphatic hydroxyl groups is 1. The number of piperidine rings is 1. The van der Waals surface area contributed by atoms with E-state index in [1.165, 1.54) is 0 Å². The quantitative estimate of drug-likeness (QED) is 0.736. The summed E-state index contributed by atoms with van der Waals surface area (Å²) in [5.74, 6) is 0.627. The molecule has 0 spiro atoms. The molecule has 1 N–H and O–H groups in total. The Labute approximate surface area is 163 Å². The lowest BCUT2D eigenvalue weighted by Gasteiger charge is -2.34. The molecule has 1 aliphatic heterocycles. The SMILES string of the molecule is Cc1cnn(Cc2cc(C(=O)N3CCC([C@H](O)c4ccccc4)CC3)no2)c1. The Morgan fingerprint density at radius 2 is 2.04 bits per heavy atom. The molecular formula is C21H24N4O3. The summed E-state index contributed by atoms with van der Waals surface area (Å²) in [4.78, 5) is 14.5. The third-order valence-corrected chi connectivity index (χ3v) is 5.27. The largest absolute Gasteiger partial charge is 0.388 e. The number of carbonyl (C=O) groups is 1. The van der Waals surface area contributed by atoms with Gasteiger partial charge in [-0.3, -0.25) is 9.48 Å². The van der Waals surface area contributed by atoms with Crippen LogP contribution in [-0.4, -0.2) is 43.9 Å². The average molecular weight is 380 g/mol. The first-order chi connectivity index (χ1) is 13.6. The molecule has 7 nitrogen and oxygen atoms in total. The Morgan fingerprint density at radius 3 is 2.71 bits per heavy atom. The van der Waals surface area contributed by atoms with Crippen molar-refractivity contribution < 1.29 is 14.4 Å². The van der Waals surface area contributed by atoms with Crippen molar-refractivity contribution in [3.8, 4) is 0 Å². The van der Waals surface area contributed by atoms with E-state index >= 15 is 0 Å². The molecule has 1 atom stereocenters. The van der Waals surface area contributed by atoms with Gasteiger partial charge in [-0.1, -0.05) is 35.5 Å². The number of aliphatic hydroxyl groups excluding tert-OH is 1. The molecular weight excluding hydrogens is 356 g/mol. The molecule has 28 heavy (non-hydrogen) atoms. The van der Waals surface area contributed by atoms with Crippen LogP contribution in [0.5, 0.6) is 0 Å². The number of rotatable bonds is 5. The van der Waals surface area contributed by atoms with E-state index in [0.717, 1.165) is 24.0 Å². The maximum Gasteiger partial charge on any atom is 0.276 e. The van der Waals surface area contributed by atoms with Crippen LogP contribution in [0, 0.1) is 12.8 Å². The summed E-state index contributed by atoms with van der Waals surface area (Å²) < 4.78 is 7.06. The predicted octanol–water partition coefficient (Wildman–Crippen LogP) is 2.81. The highest BCUT2D eigenvalue weighted by Gasteiger charge is 2.29. The van der Waals surface area contributed by atoms with E-state index in [0.29, 0.717) is 31.1 Å². The monoisotopic (exact) mass is 380 g/mol. The van der Waals surface area contributed by atoms with Crippen LogP contribution >= 0.6 is 0 Å². The van der Waals surface area contributed by atoms with Gasteiger partial charge in [-0.05, 0) is 36.8 Å². The van der Waals surface area contributed by atoms with Crippen molar-refractivity contribution >= 4 is 5.91 Å². The molecule has 0 radical (unpaired) electrons. The van der Waals surface area contributed by atoms with Crippen molar-refractivity contribution in [2.24, 2.45) is 5.92 Å². The summed E-state index contributed by atoms with van der Waals surface area (Å²) in [6.45, 7) is 3.62. The molecule has 2 aromatic heterocycles. The lowest BCUT2D eigenvalue weighted by molar-refractivity contribution is 0.0456. The summed E-state index contributed by atoms with van der Waals surface area (Å²) >= 11 is 0. The fourth-order valence-electron chi connectivity index (χ4n) is 3.70. The minimum absolute atomic E-state index is 0.126. The number of aromatic nitrogens is 3. The molecule has 0 unspecified atom stereocenters. The summed E-state index contributed by atoms with van der Waals surface area (Å²) in [6, 6.07) is 11.4. The van der Waals surface area contributed by atoms with Gasteiger partial charge in [-0.25, -0.2) is 0 Å². The molecule has 1 saturated heterocycles. The van der Waals surface area contributed by atoms with Crippen LogP contribution in [0.4, 0.5) is 0 Å².